The van der Waals surface area contributed by atoms with E-state index in [9.17, 15) is 10.2 Å². The van der Waals surface area contributed by atoms with Crippen LogP contribution in [-0.4, -0.2) is 31.5 Å². The molecule has 0 aromatic heterocycles. The van der Waals surface area contributed by atoms with E-state index in [-0.39, 0.29) is 5.75 Å². The van der Waals surface area contributed by atoms with Gasteiger partial charge in [0.2, 0.25) is 5.75 Å². The predicted octanol–water partition coefficient (Wildman–Crippen LogP) is 3.08. The minimum Gasteiger partial charge on any atom is -0.508 e. The lowest BCUT2D eigenvalue weighted by molar-refractivity contribution is 0.167. The van der Waals surface area contributed by atoms with E-state index < -0.39 is 6.10 Å². The molecule has 1 atom stereocenters. The van der Waals surface area contributed by atoms with Crippen molar-refractivity contribution in [1.82, 2.24) is 0 Å². The molecule has 0 spiro atoms. The molecule has 5 heteroatoms. The van der Waals surface area contributed by atoms with Gasteiger partial charge in [-0.05, 0) is 42.2 Å². The smallest absolute Gasteiger partial charge is 0.203 e. The summed E-state index contributed by atoms with van der Waals surface area (Å²) in [6, 6.07) is 10.4. The van der Waals surface area contributed by atoms with Crippen molar-refractivity contribution in [1.29, 1.82) is 0 Å². The van der Waals surface area contributed by atoms with E-state index >= 15 is 0 Å². The second kappa shape index (κ2) is 7.74. The largest absolute Gasteiger partial charge is 0.508 e. The van der Waals surface area contributed by atoms with Gasteiger partial charge in [-0.15, -0.1) is 0 Å². The van der Waals surface area contributed by atoms with Crippen molar-refractivity contribution in [2.45, 2.75) is 18.9 Å². The van der Waals surface area contributed by atoms with Crippen molar-refractivity contribution in [3.05, 3.63) is 47.5 Å². The Labute approximate surface area is 136 Å². The molecule has 2 N–H and O–H groups in total. The number of benzene rings is 2. The summed E-state index contributed by atoms with van der Waals surface area (Å²) in [7, 11) is 4.71. The van der Waals surface area contributed by atoms with Crippen LogP contribution in [0.15, 0.2) is 36.4 Å². The number of aliphatic hydroxyl groups excluding tert-OH is 1. The van der Waals surface area contributed by atoms with Crippen molar-refractivity contribution in [3.8, 4) is 23.0 Å². The van der Waals surface area contributed by atoms with Crippen molar-refractivity contribution >= 4 is 0 Å². The molecule has 124 valence electrons. The third-order valence-electron chi connectivity index (χ3n) is 3.73. The molecule has 1 unspecified atom stereocenters. The molecular formula is C18H22O5. The van der Waals surface area contributed by atoms with Crippen LogP contribution in [0.5, 0.6) is 23.0 Å². The molecule has 5 nitrogen and oxygen atoms in total. The van der Waals surface area contributed by atoms with E-state index in [1.165, 1.54) is 0 Å². The van der Waals surface area contributed by atoms with Crippen molar-refractivity contribution < 1.29 is 24.4 Å². The summed E-state index contributed by atoms with van der Waals surface area (Å²) in [6.45, 7) is 0. The van der Waals surface area contributed by atoms with E-state index in [0.29, 0.717) is 35.7 Å². The van der Waals surface area contributed by atoms with Gasteiger partial charge in [-0.2, -0.15) is 0 Å². The molecule has 0 amide bonds. The minimum absolute atomic E-state index is 0.144. The van der Waals surface area contributed by atoms with Gasteiger partial charge in [0.15, 0.2) is 11.5 Å². The van der Waals surface area contributed by atoms with Crippen molar-refractivity contribution in [3.63, 3.8) is 0 Å². The molecule has 0 radical (unpaired) electrons. The first-order valence-electron chi connectivity index (χ1n) is 7.35. The Morgan fingerprint density at radius 2 is 1.70 bits per heavy atom. The Morgan fingerprint density at radius 1 is 0.957 bits per heavy atom. The third-order valence-corrected chi connectivity index (χ3v) is 3.73. The first-order chi connectivity index (χ1) is 11.1. The Balaban J connectivity index is 2.17. The normalized spacial score (nSPS) is 11.8. The zero-order valence-corrected chi connectivity index (χ0v) is 13.6. The number of hydrogen-bond acceptors (Lipinski definition) is 5. The van der Waals surface area contributed by atoms with Gasteiger partial charge >= 0.3 is 0 Å². The molecule has 2 aromatic rings. The average molecular weight is 318 g/mol. The predicted molar refractivity (Wildman–Crippen MR) is 87.5 cm³/mol. The number of ether oxygens (including phenoxy) is 3. The molecule has 0 fully saturated rings. The second-order valence-corrected chi connectivity index (χ2v) is 5.14. The monoisotopic (exact) mass is 318 g/mol. The molecule has 0 saturated carbocycles. The lowest BCUT2D eigenvalue weighted by atomic mass is 10.00. The van der Waals surface area contributed by atoms with E-state index in [1.807, 2.05) is 12.1 Å². The van der Waals surface area contributed by atoms with Crippen LogP contribution < -0.4 is 14.2 Å². The molecule has 0 bridgehead atoms. The van der Waals surface area contributed by atoms with Gasteiger partial charge in [0.05, 0.1) is 27.4 Å². The number of aliphatic hydroxyl groups is 1. The number of hydrogen-bond donors (Lipinski definition) is 2. The average Bonchev–Trinajstić information content (AvgIpc) is 2.58. The van der Waals surface area contributed by atoms with Crippen molar-refractivity contribution in [2.75, 3.05) is 21.3 Å². The summed E-state index contributed by atoms with van der Waals surface area (Å²) in [5, 5.41) is 19.8. The molecular weight excluding hydrogens is 296 g/mol. The maximum Gasteiger partial charge on any atom is 0.203 e. The van der Waals surface area contributed by atoms with Crippen LogP contribution in [0.1, 0.15) is 23.7 Å². The van der Waals surface area contributed by atoms with Crippen LogP contribution in [0.3, 0.4) is 0 Å². The fourth-order valence-electron chi connectivity index (χ4n) is 2.55. The van der Waals surface area contributed by atoms with Crippen LogP contribution in [-0.2, 0) is 6.42 Å². The van der Waals surface area contributed by atoms with E-state index in [1.54, 1.807) is 45.6 Å². The highest BCUT2D eigenvalue weighted by molar-refractivity contribution is 5.55. The minimum atomic E-state index is -0.667. The van der Waals surface area contributed by atoms with Crippen LogP contribution >= 0.6 is 0 Å². The topological polar surface area (TPSA) is 68.2 Å². The number of methoxy groups -OCH3 is 3. The fraction of sp³-hybridized carbons (Fsp3) is 0.333. The summed E-state index contributed by atoms with van der Waals surface area (Å²) in [5.41, 5.74) is 1.61. The Hall–Kier alpha value is -2.40. The van der Waals surface area contributed by atoms with Gasteiger partial charge in [-0.25, -0.2) is 0 Å². The quantitative estimate of drug-likeness (QED) is 0.821. The summed E-state index contributed by atoms with van der Waals surface area (Å²) < 4.78 is 16.1. The number of phenols is 1. The van der Waals surface area contributed by atoms with Gasteiger partial charge < -0.3 is 24.4 Å². The Kier molecular flexibility index (Phi) is 5.71. The highest BCUT2D eigenvalue weighted by Gasteiger charge is 2.17. The maximum atomic E-state index is 10.3. The van der Waals surface area contributed by atoms with E-state index in [2.05, 4.69) is 0 Å². The molecule has 23 heavy (non-hydrogen) atoms. The second-order valence-electron chi connectivity index (χ2n) is 5.14. The lowest BCUT2D eigenvalue weighted by Gasteiger charge is -2.17. The molecule has 0 saturated heterocycles. The van der Waals surface area contributed by atoms with Gasteiger partial charge in [0.1, 0.15) is 5.75 Å². The number of aryl methyl sites for hydroxylation is 1. The van der Waals surface area contributed by atoms with Gasteiger partial charge in [-0.3, -0.25) is 0 Å². The van der Waals surface area contributed by atoms with Gasteiger partial charge in [0.25, 0.3) is 0 Å². The standard InChI is InChI=1S/C18H22O5/c1-21-16-10-8-12(17(22-2)18(16)23-3)7-9-15(20)13-5-4-6-14(19)11-13/h4-6,8,10-11,15,19-20H,7,9H2,1-3H3. The molecule has 2 rings (SSSR count). The van der Waals surface area contributed by atoms with E-state index in [4.69, 9.17) is 14.2 Å². The lowest BCUT2D eigenvalue weighted by Crippen LogP contribution is -2.03. The van der Waals surface area contributed by atoms with Gasteiger partial charge in [-0.1, -0.05) is 18.2 Å². The van der Waals surface area contributed by atoms with Crippen LogP contribution in [0.4, 0.5) is 0 Å². The zero-order chi connectivity index (χ0) is 16.8. The van der Waals surface area contributed by atoms with Crippen LogP contribution in [0.2, 0.25) is 0 Å². The van der Waals surface area contributed by atoms with Gasteiger partial charge in [0, 0.05) is 0 Å². The van der Waals surface area contributed by atoms with E-state index in [0.717, 1.165) is 5.56 Å². The molecule has 0 aliphatic rings. The highest BCUT2D eigenvalue weighted by Crippen LogP contribution is 2.40. The van der Waals surface area contributed by atoms with Crippen molar-refractivity contribution in [2.24, 2.45) is 0 Å². The summed E-state index contributed by atoms with van der Waals surface area (Å²) >= 11 is 0. The van der Waals surface area contributed by atoms with Crippen LogP contribution in [0.25, 0.3) is 0 Å². The number of aromatic hydroxyl groups is 1. The molecule has 0 aliphatic carbocycles. The molecule has 0 aliphatic heterocycles. The maximum absolute atomic E-state index is 10.3. The zero-order valence-electron chi connectivity index (χ0n) is 13.6. The Bertz CT molecular complexity index is 654. The number of phenolic OH excluding ortho intramolecular Hbond substituents is 1. The third kappa shape index (κ3) is 3.87. The molecule has 0 heterocycles. The SMILES string of the molecule is COc1ccc(CCC(O)c2cccc(O)c2)c(OC)c1OC. The fourth-order valence-corrected chi connectivity index (χ4v) is 2.55. The highest BCUT2D eigenvalue weighted by atomic mass is 16.5. The Morgan fingerprint density at radius 3 is 2.30 bits per heavy atom. The van der Waals surface area contributed by atoms with Crippen LogP contribution in [0, 0.1) is 0 Å². The summed E-state index contributed by atoms with van der Waals surface area (Å²) in [5.74, 6) is 1.89. The first-order valence-corrected chi connectivity index (χ1v) is 7.35. The summed E-state index contributed by atoms with van der Waals surface area (Å²) in [4.78, 5) is 0. The summed E-state index contributed by atoms with van der Waals surface area (Å²) in [6.07, 6.45) is 0.426. The first kappa shape index (κ1) is 17.0. The molecule has 2 aromatic carbocycles. The number of rotatable bonds is 7.